The molecule has 0 aromatic heterocycles. The molecule has 0 aliphatic rings. The monoisotopic (exact) mass is 464 g/mol. The maximum absolute atomic E-state index is 13.0. The third-order valence-electron chi connectivity index (χ3n) is 2.86. The fourth-order valence-electron chi connectivity index (χ4n) is 1.23. The second kappa shape index (κ2) is 6.24. The van der Waals surface area contributed by atoms with E-state index in [-0.39, 0.29) is 0 Å². The van der Waals surface area contributed by atoms with Crippen LogP contribution in [0.4, 0.5) is 74.6 Å². The van der Waals surface area contributed by atoms with E-state index in [2.05, 4.69) is 0 Å². The Morgan fingerprint density at radius 3 is 0.815 bits per heavy atom. The minimum absolute atomic E-state index is 3.72. The molecule has 0 heterocycles. The summed E-state index contributed by atoms with van der Waals surface area (Å²) in [5.74, 6) is -50.0. The summed E-state index contributed by atoms with van der Waals surface area (Å²) in [6, 6.07) is 0. The quantitative estimate of drug-likeness (QED) is 0.433. The molecular formula is C8HF17OSi. The van der Waals surface area contributed by atoms with Crippen LogP contribution >= 0.6 is 0 Å². The van der Waals surface area contributed by atoms with Gasteiger partial charge in [-0.05, 0) is 0 Å². The summed E-state index contributed by atoms with van der Waals surface area (Å²) < 4.78 is 214. The topological polar surface area (TPSA) is 20.2 Å². The van der Waals surface area contributed by atoms with Crippen molar-refractivity contribution >= 4 is 9.76 Å². The van der Waals surface area contributed by atoms with Gasteiger partial charge in [0.2, 0.25) is 0 Å². The lowest BCUT2D eigenvalue weighted by atomic mass is 9.91. The molecule has 27 heavy (non-hydrogen) atoms. The first kappa shape index (κ1) is 26.0. The highest BCUT2D eigenvalue weighted by atomic mass is 28.2. The Labute approximate surface area is 138 Å². The molecular weight excluding hydrogens is 463 g/mol. The fraction of sp³-hybridized carbons (Fsp3) is 1.00. The highest BCUT2D eigenvalue weighted by Gasteiger charge is 2.95. The summed E-state index contributed by atoms with van der Waals surface area (Å²) in [5, 5.41) is 0. The van der Waals surface area contributed by atoms with E-state index in [9.17, 15) is 74.6 Å². The average molecular weight is 464 g/mol. The first-order valence-corrected chi connectivity index (χ1v) is 6.38. The van der Waals surface area contributed by atoms with E-state index in [0.717, 1.165) is 0 Å². The van der Waals surface area contributed by atoms with Crippen LogP contribution in [0, 0.1) is 0 Å². The summed E-state index contributed by atoms with van der Waals surface area (Å²) in [4.78, 5) is 7.77. The standard InChI is InChI=1S/C8HF17OSi/c9-1(10,3(13,14)5(17,18)7(21,22)23)2(11,12)4(15,16)6(19,20)8(24,25)27-26/h26H. The summed E-state index contributed by atoms with van der Waals surface area (Å²) in [5.41, 5.74) is -6.68. The zero-order valence-corrected chi connectivity index (χ0v) is 12.4. The minimum Gasteiger partial charge on any atom is -0.427 e. The molecule has 0 amide bonds. The van der Waals surface area contributed by atoms with Crippen LogP contribution in [0.25, 0.3) is 0 Å². The van der Waals surface area contributed by atoms with Crippen LogP contribution < -0.4 is 0 Å². The Kier molecular flexibility index (Phi) is 6.01. The van der Waals surface area contributed by atoms with Gasteiger partial charge in [0.05, 0.1) is 0 Å². The molecule has 0 spiro atoms. The smallest absolute Gasteiger partial charge is 0.427 e. The van der Waals surface area contributed by atoms with Crippen molar-refractivity contribution in [3.8, 4) is 0 Å². The first-order valence-electron chi connectivity index (χ1n) is 5.44. The number of alkyl halides is 17. The molecule has 0 aliphatic carbocycles. The van der Waals surface area contributed by atoms with Crippen molar-refractivity contribution in [2.75, 3.05) is 0 Å². The van der Waals surface area contributed by atoms with E-state index in [1.165, 1.54) is 0 Å². The predicted molar refractivity (Wildman–Crippen MR) is 48.7 cm³/mol. The summed E-state index contributed by atoms with van der Waals surface area (Å²) >= 11 is 0. The van der Waals surface area contributed by atoms with Crippen LogP contribution in [0.5, 0.6) is 0 Å². The Morgan fingerprint density at radius 2 is 0.593 bits per heavy atom. The number of hydrogen-bond donors (Lipinski definition) is 1. The molecule has 1 nitrogen and oxygen atoms in total. The van der Waals surface area contributed by atoms with Gasteiger partial charge >= 0.3 is 57.0 Å². The van der Waals surface area contributed by atoms with Gasteiger partial charge in [-0.1, -0.05) is 0 Å². The highest BCUT2D eigenvalue weighted by molar-refractivity contribution is 6.29. The lowest BCUT2D eigenvalue weighted by Crippen LogP contribution is -2.74. The Morgan fingerprint density at radius 1 is 0.370 bits per heavy atom. The van der Waals surface area contributed by atoms with E-state index >= 15 is 0 Å². The molecule has 0 aromatic carbocycles. The van der Waals surface area contributed by atoms with E-state index in [1.807, 2.05) is 0 Å². The van der Waals surface area contributed by atoms with Gasteiger partial charge in [0, 0.05) is 0 Å². The summed E-state index contributed by atoms with van der Waals surface area (Å²) in [6.45, 7) is 0. The van der Waals surface area contributed by atoms with Gasteiger partial charge in [0.25, 0.3) is 0 Å². The zero-order valence-electron chi connectivity index (χ0n) is 11.4. The molecule has 0 saturated carbocycles. The lowest BCUT2D eigenvalue weighted by Gasteiger charge is -2.42. The molecule has 1 N–H and O–H groups in total. The van der Waals surface area contributed by atoms with E-state index in [4.69, 9.17) is 4.80 Å². The van der Waals surface area contributed by atoms with Gasteiger partial charge < -0.3 is 4.80 Å². The maximum Gasteiger partial charge on any atom is 0.460 e. The van der Waals surface area contributed by atoms with Gasteiger partial charge in [0.15, 0.2) is 0 Å². The van der Waals surface area contributed by atoms with Crippen LogP contribution in [0.1, 0.15) is 0 Å². The van der Waals surface area contributed by atoms with Crippen LogP contribution in [0.15, 0.2) is 0 Å². The van der Waals surface area contributed by atoms with Crippen LogP contribution in [0.3, 0.4) is 0 Å². The van der Waals surface area contributed by atoms with Crippen LogP contribution in [0.2, 0.25) is 0 Å². The first-order chi connectivity index (χ1) is 11.3. The van der Waals surface area contributed by atoms with Crippen molar-refractivity contribution in [1.29, 1.82) is 0 Å². The molecule has 0 rings (SSSR count). The van der Waals surface area contributed by atoms with Gasteiger partial charge in [0.1, 0.15) is 0 Å². The largest absolute Gasteiger partial charge is 0.460 e. The Bertz CT molecular complexity index is 548. The van der Waals surface area contributed by atoms with E-state index < -0.39 is 57.0 Å². The second-order valence-electron chi connectivity index (χ2n) is 4.63. The summed E-state index contributed by atoms with van der Waals surface area (Å²) in [6.07, 6.45) is -7.77. The van der Waals surface area contributed by atoms with Crippen molar-refractivity contribution in [2.45, 2.75) is 47.3 Å². The van der Waals surface area contributed by atoms with Crippen molar-refractivity contribution < 1.29 is 79.4 Å². The molecule has 2 radical (unpaired) electrons. The number of rotatable bonds is 7. The second-order valence-corrected chi connectivity index (χ2v) is 5.48. The lowest BCUT2D eigenvalue weighted by molar-refractivity contribution is -0.458. The third kappa shape index (κ3) is 3.13. The van der Waals surface area contributed by atoms with E-state index in [0.29, 0.717) is 0 Å². The van der Waals surface area contributed by atoms with Crippen molar-refractivity contribution in [3.05, 3.63) is 0 Å². The molecule has 0 fully saturated rings. The van der Waals surface area contributed by atoms with Crippen LogP contribution in [-0.2, 0) is 0 Å². The minimum atomic E-state index is -8.64. The van der Waals surface area contributed by atoms with E-state index in [1.54, 1.807) is 0 Å². The van der Waals surface area contributed by atoms with Crippen molar-refractivity contribution in [1.82, 2.24) is 0 Å². The van der Waals surface area contributed by atoms with Crippen molar-refractivity contribution in [2.24, 2.45) is 0 Å². The Balaban J connectivity index is 6.65. The van der Waals surface area contributed by atoms with Crippen molar-refractivity contribution in [3.63, 3.8) is 0 Å². The SMILES string of the molecule is O[Si]C(F)(F)C(F)(F)C(F)(F)C(F)(F)C(F)(F)C(F)(F)C(F)(F)C(F)(F)F. The van der Waals surface area contributed by atoms with Crippen LogP contribution in [-0.4, -0.2) is 61.8 Å². The molecule has 19 heteroatoms. The van der Waals surface area contributed by atoms with Gasteiger partial charge in [-0.2, -0.15) is 65.9 Å². The highest BCUT2D eigenvalue weighted by Crippen LogP contribution is 2.63. The zero-order chi connectivity index (χ0) is 22.7. The number of halogens is 17. The van der Waals surface area contributed by atoms with Gasteiger partial charge in [-0.3, -0.25) is 0 Å². The third-order valence-corrected chi connectivity index (χ3v) is 3.46. The average Bonchev–Trinajstić information content (AvgIpc) is 2.44. The Hall–Kier alpha value is -1.01. The molecule has 0 saturated heterocycles. The molecule has 0 aromatic rings. The van der Waals surface area contributed by atoms with Gasteiger partial charge in [-0.15, -0.1) is 0 Å². The molecule has 0 bridgehead atoms. The maximum atomic E-state index is 13.0. The molecule has 0 atom stereocenters. The van der Waals surface area contributed by atoms with Gasteiger partial charge in [-0.25, -0.2) is 8.78 Å². The summed E-state index contributed by atoms with van der Waals surface area (Å²) in [7, 11) is -3.72. The molecule has 162 valence electrons. The number of hydrogen-bond acceptors (Lipinski definition) is 1. The fourth-order valence-corrected chi connectivity index (χ4v) is 1.53. The molecule has 0 unspecified atom stereocenters. The molecule has 0 aliphatic heterocycles. The normalized spacial score (nSPS) is 16.7. The predicted octanol–water partition coefficient (Wildman–Crippen LogP) is 4.56.